The standard InChI is InChI=1S/C33H39F3N4O5/c1-21-17-40(22(2)20-41)31(42)16-24-15-27(38-32(43)37-26-9-12-28(44-4)13-10-26)11-14-29(24)45-30(21)19-39(3)18-23-5-7-25(8-6-23)33(34,35)36/h5-15,21-22,30,41H,16-20H2,1-4H3,(H2,37,38,43)/t21-,22-,30+/m0/s1. The first-order valence-corrected chi connectivity index (χ1v) is 14.6. The third-order valence-electron chi connectivity index (χ3n) is 7.75. The molecule has 0 radical (unpaired) electrons. The molecule has 0 saturated heterocycles. The Morgan fingerprint density at radius 3 is 2.36 bits per heavy atom. The Balaban J connectivity index is 1.53. The Hall–Kier alpha value is -4.29. The van der Waals surface area contributed by atoms with Crippen molar-refractivity contribution in [2.45, 2.75) is 45.1 Å². The lowest BCUT2D eigenvalue weighted by atomic mass is 10.0. The Labute approximate surface area is 260 Å². The van der Waals surface area contributed by atoms with E-state index in [0.717, 1.165) is 17.7 Å². The van der Waals surface area contributed by atoms with Crippen LogP contribution in [0.5, 0.6) is 11.5 Å². The molecule has 1 aliphatic rings. The fourth-order valence-electron chi connectivity index (χ4n) is 5.18. The molecule has 3 aromatic carbocycles. The third-order valence-corrected chi connectivity index (χ3v) is 7.75. The van der Waals surface area contributed by atoms with Gasteiger partial charge in [-0.1, -0.05) is 19.1 Å². The molecule has 0 aliphatic carbocycles. The van der Waals surface area contributed by atoms with Crippen molar-refractivity contribution >= 4 is 23.3 Å². The van der Waals surface area contributed by atoms with Crippen LogP contribution >= 0.6 is 0 Å². The fourth-order valence-corrected chi connectivity index (χ4v) is 5.18. The van der Waals surface area contributed by atoms with E-state index in [4.69, 9.17) is 9.47 Å². The molecule has 3 N–H and O–H groups in total. The molecule has 1 aliphatic heterocycles. The molecular formula is C33H39F3N4O5. The first-order chi connectivity index (χ1) is 21.4. The summed E-state index contributed by atoms with van der Waals surface area (Å²) in [6, 6.07) is 16.1. The minimum absolute atomic E-state index is 0.00384. The smallest absolute Gasteiger partial charge is 0.416 e. The Kier molecular flexibility index (Phi) is 10.9. The van der Waals surface area contributed by atoms with Crippen LogP contribution in [-0.4, -0.2) is 72.8 Å². The number of aliphatic hydroxyl groups excluding tert-OH is 1. The number of carbonyl (C=O) groups is 2. The van der Waals surface area contributed by atoms with Gasteiger partial charge in [-0.25, -0.2) is 4.79 Å². The van der Waals surface area contributed by atoms with Crippen LogP contribution in [0.4, 0.5) is 29.3 Å². The van der Waals surface area contributed by atoms with Crippen LogP contribution in [0.2, 0.25) is 0 Å². The lowest BCUT2D eigenvalue weighted by Gasteiger charge is -2.34. The summed E-state index contributed by atoms with van der Waals surface area (Å²) in [5, 5.41) is 15.4. The van der Waals surface area contributed by atoms with E-state index >= 15 is 0 Å². The maximum absolute atomic E-state index is 13.5. The predicted octanol–water partition coefficient (Wildman–Crippen LogP) is 5.64. The lowest BCUT2D eigenvalue weighted by molar-refractivity contribution is -0.137. The van der Waals surface area contributed by atoms with Crippen LogP contribution in [0.25, 0.3) is 0 Å². The molecule has 12 heteroatoms. The molecule has 0 saturated carbocycles. The second-order valence-electron chi connectivity index (χ2n) is 11.4. The van der Waals surface area contributed by atoms with Crippen molar-refractivity contribution in [3.63, 3.8) is 0 Å². The van der Waals surface area contributed by atoms with Gasteiger partial charge in [0.05, 0.1) is 31.7 Å². The Morgan fingerprint density at radius 1 is 1.09 bits per heavy atom. The van der Waals surface area contributed by atoms with E-state index < -0.39 is 29.9 Å². The van der Waals surface area contributed by atoms with Crippen LogP contribution in [0, 0.1) is 5.92 Å². The number of carbonyl (C=O) groups excluding carboxylic acids is 2. The monoisotopic (exact) mass is 628 g/mol. The van der Waals surface area contributed by atoms with Crippen LogP contribution in [-0.2, 0) is 23.9 Å². The average molecular weight is 629 g/mol. The second-order valence-corrected chi connectivity index (χ2v) is 11.4. The van der Waals surface area contributed by atoms with Crippen molar-refractivity contribution in [2.24, 2.45) is 5.92 Å². The van der Waals surface area contributed by atoms with Gasteiger partial charge in [0.1, 0.15) is 17.6 Å². The van der Waals surface area contributed by atoms with Crippen molar-refractivity contribution in [1.29, 1.82) is 0 Å². The number of urea groups is 1. The number of alkyl halides is 3. The normalized spacial score (nSPS) is 17.8. The van der Waals surface area contributed by atoms with Gasteiger partial charge in [-0.05, 0) is 74.1 Å². The van der Waals surface area contributed by atoms with Gasteiger partial charge in [0.25, 0.3) is 0 Å². The highest BCUT2D eigenvalue weighted by Gasteiger charge is 2.32. The molecule has 0 bridgehead atoms. The van der Waals surface area contributed by atoms with Crippen LogP contribution in [0.3, 0.4) is 0 Å². The quantitative estimate of drug-likeness (QED) is 0.284. The molecule has 242 valence electrons. The van der Waals surface area contributed by atoms with E-state index in [1.807, 2.05) is 18.9 Å². The molecule has 45 heavy (non-hydrogen) atoms. The van der Waals surface area contributed by atoms with E-state index in [-0.39, 0.29) is 24.9 Å². The van der Waals surface area contributed by atoms with Crippen LogP contribution < -0.4 is 20.1 Å². The number of halogens is 3. The van der Waals surface area contributed by atoms with Gasteiger partial charge in [0.15, 0.2) is 0 Å². The maximum Gasteiger partial charge on any atom is 0.416 e. The average Bonchev–Trinajstić information content (AvgIpc) is 3.04. The second kappa shape index (κ2) is 14.7. The number of rotatable bonds is 9. The highest BCUT2D eigenvalue weighted by Crippen LogP contribution is 2.31. The SMILES string of the molecule is COc1ccc(NC(=O)Nc2ccc3c(c2)CC(=O)N([C@@H](C)CO)C[C@H](C)[C@@H](CN(C)Cc2ccc(C(F)(F)F)cc2)O3)cc1. The molecule has 1 heterocycles. The van der Waals surface area contributed by atoms with Gasteiger partial charge in [-0.3, -0.25) is 9.69 Å². The van der Waals surface area contributed by atoms with Gasteiger partial charge in [-0.15, -0.1) is 0 Å². The number of ether oxygens (including phenoxy) is 2. The number of likely N-dealkylation sites (N-methyl/N-ethyl adjacent to an activating group) is 1. The number of methoxy groups -OCH3 is 1. The summed E-state index contributed by atoms with van der Waals surface area (Å²) in [5.74, 6) is 0.804. The molecule has 3 aromatic rings. The van der Waals surface area contributed by atoms with Gasteiger partial charge in [0.2, 0.25) is 5.91 Å². The first-order valence-electron chi connectivity index (χ1n) is 14.6. The number of fused-ring (bicyclic) bond motifs is 1. The summed E-state index contributed by atoms with van der Waals surface area (Å²) in [7, 11) is 3.41. The highest BCUT2D eigenvalue weighted by molar-refractivity contribution is 6.00. The van der Waals surface area contributed by atoms with Crippen LogP contribution in [0.15, 0.2) is 66.7 Å². The minimum atomic E-state index is -4.40. The summed E-state index contributed by atoms with van der Waals surface area (Å²) in [5.41, 5.74) is 1.62. The summed E-state index contributed by atoms with van der Waals surface area (Å²) in [6.45, 7) is 4.67. The van der Waals surface area contributed by atoms with Crippen molar-refractivity contribution in [1.82, 2.24) is 9.80 Å². The van der Waals surface area contributed by atoms with Gasteiger partial charge >= 0.3 is 12.2 Å². The number of nitrogens with one attached hydrogen (secondary N) is 2. The zero-order valence-electron chi connectivity index (χ0n) is 25.7. The predicted molar refractivity (Wildman–Crippen MR) is 165 cm³/mol. The summed E-state index contributed by atoms with van der Waals surface area (Å²) in [4.78, 5) is 29.8. The Bertz CT molecular complexity index is 1450. The first kappa shape index (κ1) is 33.6. The Morgan fingerprint density at radius 2 is 1.73 bits per heavy atom. The van der Waals surface area contributed by atoms with Crippen molar-refractivity contribution in [3.05, 3.63) is 83.4 Å². The van der Waals surface area contributed by atoms with E-state index in [0.29, 0.717) is 48.1 Å². The maximum atomic E-state index is 13.5. The number of hydrogen-bond acceptors (Lipinski definition) is 6. The zero-order chi connectivity index (χ0) is 32.7. The summed E-state index contributed by atoms with van der Waals surface area (Å²) in [6.07, 6.45) is -4.81. The third kappa shape index (κ3) is 9.11. The molecular weight excluding hydrogens is 589 g/mol. The minimum Gasteiger partial charge on any atom is -0.497 e. The molecule has 3 atom stereocenters. The van der Waals surface area contributed by atoms with Gasteiger partial charge < -0.3 is 30.1 Å². The van der Waals surface area contributed by atoms with E-state index in [1.165, 1.54) is 12.1 Å². The summed E-state index contributed by atoms with van der Waals surface area (Å²) >= 11 is 0. The van der Waals surface area contributed by atoms with E-state index in [1.54, 1.807) is 61.4 Å². The molecule has 0 aromatic heterocycles. The number of nitrogens with zero attached hydrogens (tertiary/aromatic N) is 2. The fraction of sp³-hybridized carbons (Fsp3) is 0.394. The highest BCUT2D eigenvalue weighted by atomic mass is 19.4. The van der Waals surface area contributed by atoms with Gasteiger partial charge in [-0.2, -0.15) is 13.2 Å². The molecule has 9 nitrogen and oxygen atoms in total. The molecule has 3 amide bonds. The largest absolute Gasteiger partial charge is 0.497 e. The number of amides is 3. The van der Waals surface area contributed by atoms with Crippen molar-refractivity contribution < 1.29 is 37.3 Å². The summed E-state index contributed by atoms with van der Waals surface area (Å²) < 4.78 is 50.7. The zero-order valence-corrected chi connectivity index (χ0v) is 25.7. The van der Waals surface area contributed by atoms with E-state index in [9.17, 15) is 27.9 Å². The van der Waals surface area contributed by atoms with Crippen molar-refractivity contribution in [3.8, 4) is 11.5 Å². The molecule has 0 unspecified atom stereocenters. The molecule has 4 rings (SSSR count). The van der Waals surface area contributed by atoms with Crippen molar-refractivity contribution in [2.75, 3.05) is 44.5 Å². The lowest BCUT2D eigenvalue weighted by Crippen LogP contribution is -2.47. The van der Waals surface area contributed by atoms with E-state index in [2.05, 4.69) is 10.6 Å². The topological polar surface area (TPSA) is 103 Å². The number of aliphatic hydroxyl groups is 1. The van der Waals surface area contributed by atoms with Crippen LogP contribution in [0.1, 0.15) is 30.5 Å². The number of benzene rings is 3. The number of hydrogen-bond donors (Lipinski definition) is 3. The molecule has 0 fully saturated rings. The number of anilines is 2. The molecule has 0 spiro atoms. The van der Waals surface area contributed by atoms with Gasteiger partial charge in [0, 0.05) is 42.5 Å².